The molecule has 150 valence electrons. The number of hydrogen-bond donors (Lipinski definition) is 2. The van der Waals surface area contributed by atoms with Gasteiger partial charge in [-0.1, -0.05) is 49.4 Å². The molecule has 0 saturated carbocycles. The third kappa shape index (κ3) is 5.54. The van der Waals surface area contributed by atoms with Crippen molar-refractivity contribution in [3.05, 3.63) is 66.4 Å². The number of nitrogens with one attached hydrogen (secondary N) is 2. The lowest BCUT2D eigenvalue weighted by molar-refractivity contribution is 0.0948. The molecule has 6 nitrogen and oxygen atoms in total. The average molecular weight is 390 g/mol. The first kappa shape index (κ1) is 20.3. The Labute approximate surface area is 171 Å². The van der Waals surface area contributed by atoms with Crippen LogP contribution in [0.25, 0.3) is 11.4 Å². The van der Waals surface area contributed by atoms with Crippen molar-refractivity contribution < 1.29 is 9.53 Å². The summed E-state index contributed by atoms with van der Waals surface area (Å²) in [4.78, 5) is 21.6. The highest BCUT2D eigenvalue weighted by molar-refractivity contribution is 5.93. The second kappa shape index (κ2) is 9.68. The summed E-state index contributed by atoms with van der Waals surface area (Å²) in [7, 11) is 0. The summed E-state index contributed by atoms with van der Waals surface area (Å²) in [5.74, 6) is 1.51. The highest BCUT2D eigenvalue weighted by Gasteiger charge is 2.14. The molecule has 1 aromatic heterocycles. The van der Waals surface area contributed by atoms with Crippen LogP contribution in [0.3, 0.4) is 0 Å². The van der Waals surface area contributed by atoms with E-state index in [2.05, 4.69) is 20.6 Å². The molecule has 1 amide bonds. The quantitative estimate of drug-likeness (QED) is 0.577. The van der Waals surface area contributed by atoms with E-state index in [1.54, 1.807) is 6.07 Å². The summed E-state index contributed by atoms with van der Waals surface area (Å²) in [6, 6.07) is 18.9. The highest BCUT2D eigenvalue weighted by atomic mass is 16.5. The lowest BCUT2D eigenvalue weighted by Crippen LogP contribution is -2.25. The van der Waals surface area contributed by atoms with Gasteiger partial charge in [-0.05, 0) is 32.4 Å². The SMILES string of the molecule is CCCNC(=O)c1cc(Nc2ccccc2OC(C)C)nc(-c2ccccc2)n1. The molecule has 0 spiro atoms. The molecular formula is C23H26N4O2. The van der Waals surface area contributed by atoms with Crippen LogP contribution < -0.4 is 15.4 Å². The van der Waals surface area contributed by atoms with E-state index in [-0.39, 0.29) is 12.0 Å². The number of rotatable bonds is 8. The first-order chi connectivity index (χ1) is 14.1. The molecule has 0 unspecified atom stereocenters. The van der Waals surface area contributed by atoms with Gasteiger partial charge in [0.05, 0.1) is 11.8 Å². The smallest absolute Gasteiger partial charge is 0.270 e. The standard InChI is InChI=1S/C23H26N4O2/c1-4-14-24-23(28)19-15-21(27-22(26-19)17-10-6-5-7-11-17)25-18-12-8-9-13-20(18)29-16(2)3/h5-13,15-16H,4,14H2,1-3H3,(H,24,28)(H,25,26,27). The molecule has 0 aliphatic rings. The van der Waals surface area contributed by atoms with Gasteiger partial charge in [-0.15, -0.1) is 0 Å². The second-order valence-electron chi connectivity index (χ2n) is 6.87. The number of anilines is 2. The van der Waals surface area contributed by atoms with Crippen molar-refractivity contribution in [3.63, 3.8) is 0 Å². The van der Waals surface area contributed by atoms with Gasteiger partial charge >= 0.3 is 0 Å². The largest absolute Gasteiger partial charge is 0.489 e. The Hall–Kier alpha value is -3.41. The van der Waals surface area contributed by atoms with Gasteiger partial charge in [-0.25, -0.2) is 9.97 Å². The summed E-state index contributed by atoms with van der Waals surface area (Å²) in [6.07, 6.45) is 0.895. The van der Waals surface area contributed by atoms with Crippen LogP contribution in [0, 0.1) is 0 Å². The summed E-state index contributed by atoms with van der Waals surface area (Å²) < 4.78 is 5.88. The molecule has 0 aliphatic carbocycles. The molecule has 1 heterocycles. The molecule has 3 aromatic rings. The number of amides is 1. The van der Waals surface area contributed by atoms with Crippen LogP contribution >= 0.6 is 0 Å². The van der Waals surface area contributed by atoms with Gasteiger partial charge in [0.1, 0.15) is 17.3 Å². The fourth-order valence-corrected chi connectivity index (χ4v) is 2.74. The van der Waals surface area contributed by atoms with E-state index < -0.39 is 0 Å². The summed E-state index contributed by atoms with van der Waals surface area (Å²) in [5.41, 5.74) is 1.93. The van der Waals surface area contributed by atoms with Gasteiger partial charge in [0.25, 0.3) is 5.91 Å². The van der Waals surface area contributed by atoms with Crippen molar-refractivity contribution in [1.82, 2.24) is 15.3 Å². The molecule has 0 atom stereocenters. The maximum atomic E-state index is 12.6. The van der Waals surface area contributed by atoms with E-state index in [9.17, 15) is 4.79 Å². The monoisotopic (exact) mass is 390 g/mol. The minimum absolute atomic E-state index is 0.0404. The summed E-state index contributed by atoms with van der Waals surface area (Å²) in [5, 5.41) is 6.16. The molecule has 0 radical (unpaired) electrons. The van der Waals surface area contributed by atoms with Crippen molar-refractivity contribution in [1.29, 1.82) is 0 Å². The molecule has 2 aromatic carbocycles. The molecule has 0 aliphatic heterocycles. The fourth-order valence-electron chi connectivity index (χ4n) is 2.74. The van der Waals surface area contributed by atoms with Gasteiger partial charge < -0.3 is 15.4 Å². The Morgan fingerprint density at radius 2 is 1.76 bits per heavy atom. The molecule has 2 N–H and O–H groups in total. The maximum absolute atomic E-state index is 12.6. The van der Waals surface area contributed by atoms with Crippen LogP contribution in [0.15, 0.2) is 60.7 Å². The second-order valence-corrected chi connectivity index (χ2v) is 6.87. The number of ether oxygens (including phenoxy) is 1. The number of aromatic nitrogens is 2. The Balaban J connectivity index is 1.99. The normalized spacial score (nSPS) is 10.6. The zero-order chi connectivity index (χ0) is 20.6. The zero-order valence-electron chi connectivity index (χ0n) is 17.0. The number of benzene rings is 2. The average Bonchev–Trinajstić information content (AvgIpc) is 2.73. The predicted molar refractivity (Wildman–Crippen MR) is 116 cm³/mol. The topological polar surface area (TPSA) is 76.1 Å². The fraction of sp³-hybridized carbons (Fsp3) is 0.261. The molecule has 3 rings (SSSR count). The van der Waals surface area contributed by atoms with Gasteiger partial charge in [-0.2, -0.15) is 0 Å². The van der Waals surface area contributed by atoms with Crippen molar-refractivity contribution in [2.75, 3.05) is 11.9 Å². The lowest BCUT2D eigenvalue weighted by atomic mass is 10.2. The van der Waals surface area contributed by atoms with Gasteiger partial charge in [-0.3, -0.25) is 4.79 Å². The van der Waals surface area contributed by atoms with E-state index in [0.717, 1.165) is 23.4 Å². The zero-order valence-corrected chi connectivity index (χ0v) is 17.0. The molecule has 29 heavy (non-hydrogen) atoms. The molecule has 6 heteroatoms. The lowest BCUT2D eigenvalue weighted by Gasteiger charge is -2.16. The van der Waals surface area contributed by atoms with E-state index in [0.29, 0.717) is 23.9 Å². The van der Waals surface area contributed by atoms with Crippen LogP contribution in [0.5, 0.6) is 5.75 Å². The number of hydrogen-bond acceptors (Lipinski definition) is 5. The molecule has 0 bridgehead atoms. The van der Waals surface area contributed by atoms with Crippen molar-refractivity contribution >= 4 is 17.4 Å². The highest BCUT2D eigenvalue weighted by Crippen LogP contribution is 2.28. The van der Waals surface area contributed by atoms with E-state index >= 15 is 0 Å². The molecule has 0 fully saturated rings. The Morgan fingerprint density at radius 3 is 2.48 bits per heavy atom. The summed E-state index contributed by atoms with van der Waals surface area (Å²) in [6.45, 7) is 6.56. The van der Waals surface area contributed by atoms with Crippen molar-refractivity contribution in [2.24, 2.45) is 0 Å². The van der Waals surface area contributed by atoms with Crippen LogP contribution in [-0.2, 0) is 0 Å². The molecule has 0 saturated heterocycles. The van der Waals surface area contributed by atoms with E-state index in [4.69, 9.17) is 4.74 Å². The first-order valence-corrected chi connectivity index (χ1v) is 9.82. The van der Waals surface area contributed by atoms with Crippen molar-refractivity contribution in [3.8, 4) is 17.1 Å². The maximum Gasteiger partial charge on any atom is 0.270 e. The van der Waals surface area contributed by atoms with Crippen molar-refractivity contribution in [2.45, 2.75) is 33.3 Å². The van der Waals surface area contributed by atoms with Gasteiger partial charge in [0.15, 0.2) is 5.82 Å². The van der Waals surface area contributed by atoms with E-state index in [1.807, 2.05) is 75.4 Å². The third-order valence-corrected chi connectivity index (χ3v) is 4.04. The van der Waals surface area contributed by atoms with E-state index in [1.165, 1.54) is 0 Å². The van der Waals surface area contributed by atoms with Gasteiger partial charge in [0, 0.05) is 18.2 Å². The van der Waals surface area contributed by atoms with Crippen LogP contribution in [0.4, 0.5) is 11.5 Å². The Bertz CT molecular complexity index is 958. The molecular weight excluding hydrogens is 364 g/mol. The van der Waals surface area contributed by atoms with Crippen LogP contribution in [0.1, 0.15) is 37.7 Å². The van der Waals surface area contributed by atoms with Crippen LogP contribution in [-0.4, -0.2) is 28.5 Å². The third-order valence-electron chi connectivity index (χ3n) is 4.04. The van der Waals surface area contributed by atoms with Gasteiger partial charge in [0.2, 0.25) is 0 Å². The first-order valence-electron chi connectivity index (χ1n) is 9.82. The minimum Gasteiger partial charge on any atom is -0.489 e. The predicted octanol–water partition coefficient (Wildman–Crippen LogP) is 4.81. The Kier molecular flexibility index (Phi) is 6.79. The number of carbonyl (C=O) groups is 1. The minimum atomic E-state index is -0.221. The number of nitrogens with zero attached hydrogens (tertiary/aromatic N) is 2. The number of carbonyl (C=O) groups excluding carboxylic acids is 1. The Morgan fingerprint density at radius 1 is 1.03 bits per heavy atom. The van der Waals surface area contributed by atoms with Crippen LogP contribution in [0.2, 0.25) is 0 Å². The summed E-state index contributed by atoms with van der Waals surface area (Å²) >= 11 is 0. The number of para-hydroxylation sites is 2.